The Hall–Kier alpha value is -3.00. The number of fused-ring (bicyclic) bond motifs is 1. The van der Waals surface area contributed by atoms with Crippen molar-refractivity contribution in [2.45, 2.75) is 31.1 Å². The number of ether oxygens (including phenoxy) is 2. The zero-order valence-corrected chi connectivity index (χ0v) is 16.7. The van der Waals surface area contributed by atoms with E-state index in [0.29, 0.717) is 22.9 Å². The van der Waals surface area contributed by atoms with Crippen molar-refractivity contribution in [1.29, 1.82) is 0 Å². The first kappa shape index (κ1) is 18.4. The van der Waals surface area contributed by atoms with Crippen LogP contribution in [0.15, 0.2) is 59.6 Å². The van der Waals surface area contributed by atoms with E-state index in [2.05, 4.69) is 9.82 Å². The number of benzene rings is 2. The molecule has 7 nitrogen and oxygen atoms in total. The number of hydrogen-bond acceptors (Lipinski definition) is 5. The van der Waals surface area contributed by atoms with Crippen molar-refractivity contribution in [3.05, 3.63) is 60.4 Å². The third-order valence-electron chi connectivity index (χ3n) is 4.33. The summed E-state index contributed by atoms with van der Waals surface area (Å²) in [4.78, 5) is 0.140. The van der Waals surface area contributed by atoms with Crippen LogP contribution in [0.25, 0.3) is 5.69 Å². The third-order valence-corrected chi connectivity index (χ3v) is 5.71. The number of nitrogens with zero attached hydrogens (tertiary/aromatic N) is 2. The molecule has 0 atom stereocenters. The van der Waals surface area contributed by atoms with Gasteiger partial charge >= 0.3 is 0 Å². The molecule has 0 bridgehead atoms. The smallest absolute Gasteiger partial charge is 0.265 e. The lowest BCUT2D eigenvalue weighted by Gasteiger charge is -2.18. The standard InChI is InChI=1S/C20H21N3O4S/c1-20(2,3)19-18(12-23(21-19)15-7-5-4-6-8-15)28(24,25)22-14-9-10-16-17(11-14)27-13-26-16/h4-12,22H,13H2,1-3H3. The minimum Gasteiger partial charge on any atom is -0.454 e. The Morgan fingerprint density at radius 1 is 1.04 bits per heavy atom. The van der Waals surface area contributed by atoms with Gasteiger partial charge in [-0.3, -0.25) is 4.72 Å². The maximum absolute atomic E-state index is 13.2. The molecule has 0 radical (unpaired) electrons. The summed E-state index contributed by atoms with van der Waals surface area (Å²) in [6.07, 6.45) is 1.55. The molecule has 0 amide bonds. The molecule has 1 N–H and O–H groups in total. The molecule has 2 aromatic carbocycles. The molecule has 1 aliphatic rings. The van der Waals surface area contributed by atoms with Crippen LogP contribution in [-0.4, -0.2) is 25.0 Å². The van der Waals surface area contributed by atoms with E-state index < -0.39 is 15.4 Å². The van der Waals surface area contributed by atoms with Crippen molar-refractivity contribution >= 4 is 15.7 Å². The minimum absolute atomic E-state index is 0.129. The average molecular weight is 399 g/mol. The van der Waals surface area contributed by atoms with Gasteiger partial charge in [0.2, 0.25) is 6.79 Å². The molecule has 4 rings (SSSR count). The minimum atomic E-state index is -3.86. The highest BCUT2D eigenvalue weighted by molar-refractivity contribution is 7.92. The van der Waals surface area contributed by atoms with Gasteiger partial charge in [-0.1, -0.05) is 39.0 Å². The first-order valence-electron chi connectivity index (χ1n) is 8.82. The predicted molar refractivity (Wildman–Crippen MR) is 106 cm³/mol. The van der Waals surface area contributed by atoms with E-state index in [-0.39, 0.29) is 11.7 Å². The molecule has 1 aliphatic heterocycles. The molecule has 0 saturated heterocycles. The van der Waals surface area contributed by atoms with Gasteiger partial charge in [0, 0.05) is 11.5 Å². The number of nitrogens with one attached hydrogen (secondary N) is 1. The van der Waals surface area contributed by atoms with Crippen LogP contribution >= 0.6 is 0 Å². The van der Waals surface area contributed by atoms with Crippen LogP contribution in [0.4, 0.5) is 5.69 Å². The van der Waals surface area contributed by atoms with Crippen molar-refractivity contribution in [3.63, 3.8) is 0 Å². The van der Waals surface area contributed by atoms with Gasteiger partial charge < -0.3 is 9.47 Å². The Morgan fingerprint density at radius 3 is 2.46 bits per heavy atom. The zero-order valence-electron chi connectivity index (χ0n) is 15.8. The first-order valence-corrected chi connectivity index (χ1v) is 10.3. The normalized spacial score (nSPS) is 13.5. The average Bonchev–Trinajstić information content (AvgIpc) is 3.29. The summed E-state index contributed by atoms with van der Waals surface area (Å²) in [6.45, 7) is 5.93. The monoisotopic (exact) mass is 399 g/mol. The number of anilines is 1. The van der Waals surface area contributed by atoms with Crippen molar-refractivity contribution in [2.75, 3.05) is 11.5 Å². The van der Waals surface area contributed by atoms with Gasteiger partial charge in [-0.05, 0) is 24.3 Å². The van der Waals surface area contributed by atoms with E-state index in [4.69, 9.17) is 9.47 Å². The van der Waals surface area contributed by atoms with Crippen molar-refractivity contribution < 1.29 is 17.9 Å². The molecule has 146 valence electrons. The predicted octanol–water partition coefficient (Wildman–Crippen LogP) is 3.70. The van der Waals surface area contributed by atoms with Crippen LogP contribution in [0, 0.1) is 0 Å². The van der Waals surface area contributed by atoms with Crippen molar-refractivity contribution in [1.82, 2.24) is 9.78 Å². The molecule has 0 aliphatic carbocycles. The highest BCUT2D eigenvalue weighted by atomic mass is 32.2. The van der Waals surface area contributed by atoms with Gasteiger partial charge in [0.1, 0.15) is 4.90 Å². The van der Waals surface area contributed by atoms with E-state index in [9.17, 15) is 8.42 Å². The molecule has 0 saturated carbocycles. The van der Waals surface area contributed by atoms with E-state index in [1.54, 1.807) is 29.1 Å². The molecule has 2 heterocycles. The van der Waals surface area contributed by atoms with Crippen LogP contribution in [0.2, 0.25) is 0 Å². The second-order valence-corrected chi connectivity index (χ2v) is 9.20. The molecule has 0 unspecified atom stereocenters. The molecule has 0 spiro atoms. The Morgan fingerprint density at radius 2 is 1.75 bits per heavy atom. The summed E-state index contributed by atoms with van der Waals surface area (Å²) >= 11 is 0. The number of aromatic nitrogens is 2. The van der Waals surface area contributed by atoms with Crippen molar-refractivity contribution in [3.8, 4) is 17.2 Å². The molecule has 28 heavy (non-hydrogen) atoms. The second kappa shape index (κ2) is 6.56. The molecular formula is C20H21N3O4S. The topological polar surface area (TPSA) is 82.5 Å². The third kappa shape index (κ3) is 3.43. The lowest BCUT2D eigenvalue weighted by atomic mass is 9.92. The Kier molecular flexibility index (Phi) is 4.30. The Bertz CT molecular complexity index is 1120. The van der Waals surface area contributed by atoms with Crippen LogP contribution in [0.5, 0.6) is 11.5 Å². The molecule has 1 aromatic heterocycles. The van der Waals surface area contributed by atoms with Crippen LogP contribution in [-0.2, 0) is 15.4 Å². The first-order chi connectivity index (χ1) is 13.2. The number of hydrogen-bond donors (Lipinski definition) is 1. The van der Waals surface area contributed by atoms with Crippen molar-refractivity contribution in [2.24, 2.45) is 0 Å². The highest BCUT2D eigenvalue weighted by Crippen LogP contribution is 2.35. The number of para-hydroxylation sites is 1. The van der Waals surface area contributed by atoms with Gasteiger partial charge in [0.05, 0.1) is 23.3 Å². The second-order valence-electron chi connectivity index (χ2n) is 7.55. The molecule has 3 aromatic rings. The quantitative estimate of drug-likeness (QED) is 0.723. The van der Waals surface area contributed by atoms with E-state index >= 15 is 0 Å². The summed E-state index contributed by atoms with van der Waals surface area (Å²) in [5, 5.41) is 4.57. The van der Waals surface area contributed by atoms with Crippen LogP contribution in [0.1, 0.15) is 26.5 Å². The van der Waals surface area contributed by atoms with E-state index in [1.165, 1.54) is 0 Å². The van der Waals surface area contributed by atoms with Crippen LogP contribution in [0.3, 0.4) is 0 Å². The lowest BCUT2D eigenvalue weighted by molar-refractivity contribution is 0.174. The largest absolute Gasteiger partial charge is 0.454 e. The van der Waals surface area contributed by atoms with Gasteiger partial charge in [0.25, 0.3) is 10.0 Å². The Labute approximate surface area is 164 Å². The Balaban J connectivity index is 1.75. The zero-order chi connectivity index (χ0) is 19.9. The maximum Gasteiger partial charge on any atom is 0.265 e. The number of rotatable bonds is 4. The summed E-state index contributed by atoms with van der Waals surface area (Å²) in [7, 11) is -3.86. The maximum atomic E-state index is 13.2. The summed E-state index contributed by atoms with van der Waals surface area (Å²) in [5.41, 5.74) is 1.22. The van der Waals surface area contributed by atoms with Gasteiger partial charge in [-0.15, -0.1) is 0 Å². The molecular weight excluding hydrogens is 378 g/mol. The fraction of sp³-hybridized carbons (Fsp3) is 0.250. The number of sulfonamides is 1. The van der Waals surface area contributed by atoms with E-state index in [0.717, 1.165) is 5.69 Å². The highest BCUT2D eigenvalue weighted by Gasteiger charge is 2.30. The van der Waals surface area contributed by atoms with Gasteiger partial charge in [0.15, 0.2) is 11.5 Å². The molecule has 0 fully saturated rings. The summed E-state index contributed by atoms with van der Waals surface area (Å²) in [5.74, 6) is 1.10. The van der Waals surface area contributed by atoms with Crippen LogP contribution < -0.4 is 14.2 Å². The lowest BCUT2D eigenvalue weighted by Crippen LogP contribution is -2.20. The van der Waals surface area contributed by atoms with Gasteiger partial charge in [-0.25, -0.2) is 13.1 Å². The fourth-order valence-corrected chi connectivity index (χ4v) is 4.34. The molecule has 8 heteroatoms. The SMILES string of the molecule is CC(C)(C)c1nn(-c2ccccc2)cc1S(=O)(=O)Nc1ccc2c(c1)OCO2. The summed E-state index contributed by atoms with van der Waals surface area (Å²) < 4.78 is 41.2. The summed E-state index contributed by atoms with van der Waals surface area (Å²) in [6, 6.07) is 14.3. The fourth-order valence-electron chi connectivity index (χ4n) is 2.96. The van der Waals surface area contributed by atoms with Gasteiger partial charge in [-0.2, -0.15) is 5.10 Å². The van der Waals surface area contributed by atoms with E-state index in [1.807, 2.05) is 51.1 Å².